The van der Waals surface area contributed by atoms with Gasteiger partial charge in [-0.15, -0.1) is 0 Å². The van der Waals surface area contributed by atoms with E-state index in [-0.39, 0.29) is 4.90 Å². The van der Waals surface area contributed by atoms with Crippen LogP contribution in [0.15, 0.2) is 59.5 Å². The van der Waals surface area contributed by atoms with Gasteiger partial charge in [0.05, 0.1) is 10.1 Å². The molecule has 0 aliphatic heterocycles. The van der Waals surface area contributed by atoms with Crippen molar-refractivity contribution in [2.45, 2.75) is 16.6 Å². The van der Waals surface area contributed by atoms with Crippen LogP contribution >= 0.6 is 11.6 Å². The number of hydrogen-bond acceptors (Lipinski definition) is 3. The summed E-state index contributed by atoms with van der Waals surface area (Å²) in [5.74, 6) is 0. The van der Waals surface area contributed by atoms with Gasteiger partial charge in [0.15, 0.2) is 9.84 Å². The van der Waals surface area contributed by atoms with Gasteiger partial charge < -0.3 is 5.73 Å². The van der Waals surface area contributed by atoms with E-state index in [2.05, 4.69) is 0 Å². The van der Waals surface area contributed by atoms with E-state index in [0.29, 0.717) is 18.0 Å². The smallest absolute Gasteiger partial charge is 0.185 e. The van der Waals surface area contributed by atoms with E-state index >= 15 is 0 Å². The van der Waals surface area contributed by atoms with E-state index in [1.165, 1.54) is 12.1 Å². The summed E-state index contributed by atoms with van der Waals surface area (Å²) in [6.45, 7) is 0.312. The molecular formula is C15H16ClNO2S. The Labute approximate surface area is 124 Å². The Bertz CT molecular complexity index is 654. The van der Waals surface area contributed by atoms with Crippen LogP contribution in [0.1, 0.15) is 17.2 Å². The molecule has 20 heavy (non-hydrogen) atoms. The SMILES string of the molecule is NCCC(c1ccccc1)S(=O)(=O)c1ccc(Cl)cc1. The average Bonchev–Trinajstić information content (AvgIpc) is 2.46. The molecule has 2 N–H and O–H groups in total. The standard InChI is InChI=1S/C15H16ClNO2S/c16-13-6-8-14(9-7-13)20(18,19)15(10-11-17)12-4-2-1-3-5-12/h1-9,15H,10-11,17H2. The van der Waals surface area contributed by atoms with E-state index in [1.807, 2.05) is 30.3 Å². The minimum absolute atomic E-state index is 0.268. The Morgan fingerprint density at radius 2 is 1.60 bits per heavy atom. The number of benzene rings is 2. The van der Waals surface area contributed by atoms with Crippen molar-refractivity contribution in [1.29, 1.82) is 0 Å². The zero-order valence-corrected chi connectivity index (χ0v) is 12.4. The summed E-state index contributed by atoms with van der Waals surface area (Å²) in [5.41, 5.74) is 6.34. The largest absolute Gasteiger partial charge is 0.330 e. The van der Waals surface area contributed by atoms with Crippen molar-refractivity contribution < 1.29 is 8.42 Å². The van der Waals surface area contributed by atoms with Gasteiger partial charge in [0.1, 0.15) is 0 Å². The number of rotatable bonds is 5. The highest BCUT2D eigenvalue weighted by atomic mass is 35.5. The Balaban J connectivity index is 2.45. The molecule has 0 amide bonds. The maximum atomic E-state index is 12.7. The lowest BCUT2D eigenvalue weighted by Gasteiger charge is -2.17. The number of hydrogen-bond donors (Lipinski definition) is 1. The Morgan fingerprint density at radius 1 is 1.00 bits per heavy atom. The highest BCUT2D eigenvalue weighted by Crippen LogP contribution is 2.31. The lowest BCUT2D eigenvalue weighted by Crippen LogP contribution is -2.17. The fourth-order valence-corrected chi connectivity index (χ4v) is 4.04. The lowest BCUT2D eigenvalue weighted by atomic mass is 10.1. The van der Waals surface area contributed by atoms with Crippen molar-refractivity contribution in [3.05, 3.63) is 65.2 Å². The molecule has 0 radical (unpaired) electrons. The monoisotopic (exact) mass is 309 g/mol. The average molecular weight is 310 g/mol. The van der Waals surface area contributed by atoms with Crippen LogP contribution in [0.4, 0.5) is 0 Å². The first-order valence-corrected chi connectivity index (χ1v) is 8.22. The summed E-state index contributed by atoms with van der Waals surface area (Å²) in [6.07, 6.45) is 0.384. The van der Waals surface area contributed by atoms with Gasteiger partial charge in [0.2, 0.25) is 0 Å². The minimum atomic E-state index is -3.47. The Kier molecular flexibility index (Phi) is 4.81. The topological polar surface area (TPSA) is 60.2 Å². The van der Waals surface area contributed by atoms with Gasteiger partial charge in [-0.2, -0.15) is 0 Å². The molecule has 2 aromatic carbocycles. The van der Waals surface area contributed by atoms with E-state index in [1.54, 1.807) is 12.1 Å². The molecule has 1 atom stereocenters. The molecule has 106 valence electrons. The van der Waals surface area contributed by atoms with E-state index in [0.717, 1.165) is 5.56 Å². The quantitative estimate of drug-likeness (QED) is 0.922. The molecule has 0 saturated carbocycles. The van der Waals surface area contributed by atoms with Crippen LogP contribution in [0.5, 0.6) is 0 Å². The first-order valence-electron chi connectivity index (χ1n) is 6.30. The normalized spacial score (nSPS) is 13.1. The van der Waals surface area contributed by atoms with Gasteiger partial charge in [-0.25, -0.2) is 8.42 Å². The van der Waals surface area contributed by atoms with Crippen LogP contribution in [0, 0.1) is 0 Å². The molecule has 0 aliphatic rings. The zero-order valence-electron chi connectivity index (χ0n) is 10.9. The third-order valence-corrected chi connectivity index (χ3v) is 5.56. The molecular weight excluding hydrogens is 294 g/mol. The van der Waals surface area contributed by atoms with Crippen molar-refractivity contribution in [3.63, 3.8) is 0 Å². The number of sulfone groups is 1. The predicted octanol–water partition coefficient (Wildman–Crippen LogP) is 3.20. The molecule has 5 heteroatoms. The number of nitrogens with two attached hydrogens (primary N) is 1. The molecule has 0 aliphatic carbocycles. The van der Waals surface area contributed by atoms with Crippen molar-refractivity contribution in [3.8, 4) is 0 Å². The molecule has 0 saturated heterocycles. The van der Waals surface area contributed by atoms with Crippen LogP contribution < -0.4 is 5.73 Å². The van der Waals surface area contributed by atoms with Gasteiger partial charge in [0, 0.05) is 5.02 Å². The Morgan fingerprint density at radius 3 is 2.15 bits per heavy atom. The first-order chi connectivity index (χ1) is 9.55. The third kappa shape index (κ3) is 3.20. The third-order valence-electron chi connectivity index (χ3n) is 3.12. The molecule has 2 aromatic rings. The van der Waals surface area contributed by atoms with Gasteiger partial charge in [0.25, 0.3) is 0 Å². The van der Waals surface area contributed by atoms with Crippen LogP contribution in [-0.2, 0) is 9.84 Å². The van der Waals surface area contributed by atoms with Gasteiger partial charge in [-0.05, 0) is 42.8 Å². The van der Waals surface area contributed by atoms with Crippen LogP contribution in [0.3, 0.4) is 0 Å². The summed E-state index contributed by atoms with van der Waals surface area (Å²) < 4.78 is 25.5. The molecule has 1 unspecified atom stereocenters. The van der Waals surface area contributed by atoms with Crippen LogP contribution in [-0.4, -0.2) is 15.0 Å². The van der Waals surface area contributed by atoms with E-state index < -0.39 is 15.1 Å². The minimum Gasteiger partial charge on any atom is -0.330 e. The fraction of sp³-hybridized carbons (Fsp3) is 0.200. The molecule has 0 fully saturated rings. The molecule has 0 spiro atoms. The van der Waals surface area contributed by atoms with Gasteiger partial charge in [-0.1, -0.05) is 41.9 Å². The summed E-state index contributed by atoms with van der Waals surface area (Å²) in [4.78, 5) is 0.268. The fourth-order valence-electron chi connectivity index (χ4n) is 2.11. The summed E-state index contributed by atoms with van der Waals surface area (Å²) in [5, 5.41) is -0.117. The summed E-state index contributed by atoms with van der Waals surface area (Å²) in [7, 11) is -3.47. The highest BCUT2D eigenvalue weighted by Gasteiger charge is 2.28. The van der Waals surface area contributed by atoms with Crippen molar-refractivity contribution in [2.24, 2.45) is 5.73 Å². The maximum absolute atomic E-state index is 12.7. The van der Waals surface area contributed by atoms with Crippen molar-refractivity contribution >= 4 is 21.4 Å². The molecule has 0 bridgehead atoms. The second-order valence-electron chi connectivity index (χ2n) is 4.48. The molecule has 3 nitrogen and oxygen atoms in total. The van der Waals surface area contributed by atoms with E-state index in [4.69, 9.17) is 17.3 Å². The maximum Gasteiger partial charge on any atom is 0.185 e. The van der Waals surface area contributed by atoms with Crippen molar-refractivity contribution in [2.75, 3.05) is 6.54 Å². The highest BCUT2D eigenvalue weighted by molar-refractivity contribution is 7.91. The summed E-state index contributed by atoms with van der Waals surface area (Å²) >= 11 is 5.80. The number of halogens is 1. The second-order valence-corrected chi connectivity index (χ2v) is 7.04. The van der Waals surface area contributed by atoms with Gasteiger partial charge in [-0.3, -0.25) is 0 Å². The first kappa shape index (κ1) is 15.0. The lowest BCUT2D eigenvalue weighted by molar-refractivity contribution is 0.576. The molecule has 0 heterocycles. The van der Waals surface area contributed by atoms with Crippen LogP contribution in [0.25, 0.3) is 0 Å². The Hall–Kier alpha value is -1.36. The van der Waals surface area contributed by atoms with Crippen LogP contribution in [0.2, 0.25) is 5.02 Å². The van der Waals surface area contributed by atoms with E-state index in [9.17, 15) is 8.42 Å². The second kappa shape index (κ2) is 6.39. The zero-order chi connectivity index (χ0) is 14.6. The molecule has 2 rings (SSSR count). The van der Waals surface area contributed by atoms with Crippen molar-refractivity contribution in [1.82, 2.24) is 0 Å². The van der Waals surface area contributed by atoms with Gasteiger partial charge >= 0.3 is 0 Å². The predicted molar refractivity (Wildman–Crippen MR) is 81.5 cm³/mol. The molecule has 0 aromatic heterocycles. The summed E-state index contributed by atoms with van der Waals surface area (Å²) in [6, 6.07) is 15.4.